The molecule has 0 saturated carbocycles. The van der Waals surface area contributed by atoms with Crippen LogP contribution >= 0.6 is 0 Å². The maximum atomic E-state index is 12.2. The molecule has 0 bridgehead atoms. The van der Waals surface area contributed by atoms with Crippen molar-refractivity contribution in [3.05, 3.63) is 35.4 Å². The van der Waals surface area contributed by atoms with E-state index in [0.717, 1.165) is 6.54 Å². The molecule has 5 heteroatoms. The molecule has 1 amide bonds. The van der Waals surface area contributed by atoms with Crippen molar-refractivity contribution >= 4 is 6.09 Å². The summed E-state index contributed by atoms with van der Waals surface area (Å²) in [6.07, 6.45) is -0.299. The normalized spacial score (nSPS) is 21.5. The highest BCUT2D eigenvalue weighted by atomic mass is 16.6. The van der Waals surface area contributed by atoms with Crippen molar-refractivity contribution in [2.45, 2.75) is 52.0 Å². The summed E-state index contributed by atoms with van der Waals surface area (Å²) < 4.78 is 11.0. The monoisotopic (exact) mass is 320 g/mol. The Kier molecular flexibility index (Phi) is 5.65. The molecule has 1 aromatic rings. The fourth-order valence-electron chi connectivity index (χ4n) is 2.64. The largest absolute Gasteiger partial charge is 0.444 e. The van der Waals surface area contributed by atoms with Crippen molar-refractivity contribution in [3.63, 3.8) is 0 Å². The number of likely N-dealkylation sites (tertiary alicyclic amines) is 1. The maximum absolute atomic E-state index is 12.2. The lowest BCUT2D eigenvalue weighted by atomic mass is 10.1. The average molecular weight is 320 g/mol. The Bertz CT molecular complexity index is 522. The van der Waals surface area contributed by atoms with E-state index < -0.39 is 5.60 Å². The highest BCUT2D eigenvalue weighted by Crippen LogP contribution is 2.18. The van der Waals surface area contributed by atoms with Gasteiger partial charge in [-0.2, -0.15) is 0 Å². The van der Waals surface area contributed by atoms with E-state index in [1.54, 1.807) is 12.0 Å². The van der Waals surface area contributed by atoms with Gasteiger partial charge < -0.3 is 19.7 Å². The molecule has 5 nitrogen and oxygen atoms in total. The topological polar surface area (TPSA) is 50.8 Å². The second-order valence-electron chi connectivity index (χ2n) is 7.13. The van der Waals surface area contributed by atoms with Gasteiger partial charge in [0, 0.05) is 20.2 Å². The molecule has 1 unspecified atom stereocenters. The van der Waals surface area contributed by atoms with Crippen LogP contribution in [0.3, 0.4) is 0 Å². The zero-order chi connectivity index (χ0) is 17.0. The Balaban J connectivity index is 1.91. The van der Waals surface area contributed by atoms with E-state index in [1.165, 1.54) is 11.1 Å². The average Bonchev–Trinajstić information content (AvgIpc) is 2.88. The van der Waals surface area contributed by atoms with Gasteiger partial charge in [-0.3, -0.25) is 0 Å². The number of hydrogen-bond acceptors (Lipinski definition) is 4. The molecular formula is C18H28N2O3. The molecule has 0 aliphatic carbocycles. The molecule has 0 aromatic heterocycles. The van der Waals surface area contributed by atoms with Gasteiger partial charge in [-0.25, -0.2) is 4.79 Å². The molecule has 1 aromatic carbocycles. The number of nitrogens with zero attached hydrogens (tertiary/aromatic N) is 1. The smallest absolute Gasteiger partial charge is 0.410 e. The summed E-state index contributed by atoms with van der Waals surface area (Å²) in [6, 6.07) is 8.54. The van der Waals surface area contributed by atoms with Gasteiger partial charge in [0.1, 0.15) is 5.60 Å². The number of hydrogen-bond donors (Lipinski definition) is 1. The zero-order valence-corrected chi connectivity index (χ0v) is 14.8. The quantitative estimate of drug-likeness (QED) is 0.927. The number of carbonyl (C=O) groups excluding carboxylic acids is 1. The highest BCUT2D eigenvalue weighted by molar-refractivity contribution is 5.68. The fourth-order valence-corrected chi connectivity index (χ4v) is 2.64. The molecule has 2 atom stereocenters. The molecule has 23 heavy (non-hydrogen) atoms. The Morgan fingerprint density at radius 2 is 1.91 bits per heavy atom. The standard InChI is InChI=1S/C18H28N2O3/c1-13-6-8-14(9-7-13)10-19-15-11-20(12-16(15)22-5)17(21)23-18(2,3)4/h6-9,15-16,19H,10-12H2,1-5H3/t15?,16-/m0/s1. The van der Waals surface area contributed by atoms with Crippen LogP contribution in [0.4, 0.5) is 4.79 Å². The van der Waals surface area contributed by atoms with Crippen molar-refractivity contribution in [1.82, 2.24) is 10.2 Å². The number of ether oxygens (including phenoxy) is 2. The number of carbonyl (C=O) groups is 1. The summed E-state index contributed by atoms with van der Waals surface area (Å²) in [5, 5.41) is 3.49. The molecular weight excluding hydrogens is 292 g/mol. The van der Waals surface area contributed by atoms with Crippen molar-refractivity contribution < 1.29 is 14.3 Å². The first-order valence-electron chi connectivity index (χ1n) is 8.08. The van der Waals surface area contributed by atoms with Gasteiger partial charge in [0.2, 0.25) is 0 Å². The van der Waals surface area contributed by atoms with Crippen LogP contribution in [0.2, 0.25) is 0 Å². The number of aryl methyl sites for hydroxylation is 1. The summed E-state index contributed by atoms with van der Waals surface area (Å²) in [4.78, 5) is 13.9. The van der Waals surface area contributed by atoms with Crippen LogP contribution in [0, 0.1) is 6.92 Å². The third-order valence-electron chi connectivity index (χ3n) is 3.91. The van der Waals surface area contributed by atoms with Gasteiger partial charge in [0.15, 0.2) is 0 Å². The van der Waals surface area contributed by atoms with Crippen LogP contribution in [0.15, 0.2) is 24.3 Å². The molecule has 1 heterocycles. The lowest BCUT2D eigenvalue weighted by Gasteiger charge is -2.24. The Morgan fingerprint density at radius 3 is 2.48 bits per heavy atom. The van der Waals surface area contributed by atoms with Crippen molar-refractivity contribution in [2.75, 3.05) is 20.2 Å². The molecule has 1 saturated heterocycles. The summed E-state index contributed by atoms with van der Waals surface area (Å²) in [5.41, 5.74) is 1.99. The van der Waals surface area contributed by atoms with Gasteiger partial charge in [0.05, 0.1) is 18.7 Å². The minimum Gasteiger partial charge on any atom is -0.444 e. The maximum Gasteiger partial charge on any atom is 0.410 e. The van der Waals surface area contributed by atoms with E-state index in [4.69, 9.17) is 9.47 Å². The predicted octanol–water partition coefficient (Wildman–Crippen LogP) is 2.72. The first-order valence-corrected chi connectivity index (χ1v) is 8.08. The molecule has 2 rings (SSSR count). The van der Waals surface area contributed by atoms with E-state index >= 15 is 0 Å². The van der Waals surface area contributed by atoms with E-state index in [2.05, 4.69) is 36.5 Å². The van der Waals surface area contributed by atoms with Gasteiger partial charge in [-0.1, -0.05) is 29.8 Å². The van der Waals surface area contributed by atoms with Crippen LogP contribution in [-0.4, -0.2) is 48.9 Å². The van der Waals surface area contributed by atoms with E-state index in [1.807, 2.05) is 20.8 Å². The number of rotatable bonds is 4. The minimum atomic E-state index is -0.479. The number of nitrogens with one attached hydrogen (secondary N) is 1. The molecule has 0 radical (unpaired) electrons. The molecule has 1 aliphatic rings. The van der Waals surface area contributed by atoms with Crippen LogP contribution in [0.1, 0.15) is 31.9 Å². The first-order chi connectivity index (χ1) is 10.8. The number of amides is 1. The van der Waals surface area contributed by atoms with Crippen molar-refractivity contribution in [2.24, 2.45) is 0 Å². The molecule has 1 N–H and O–H groups in total. The fraction of sp³-hybridized carbons (Fsp3) is 0.611. The number of methoxy groups -OCH3 is 1. The lowest BCUT2D eigenvalue weighted by Crippen LogP contribution is -2.40. The SMILES string of the molecule is CO[C@H]1CN(C(=O)OC(C)(C)C)CC1NCc1ccc(C)cc1. The molecule has 0 spiro atoms. The van der Waals surface area contributed by atoms with Crippen molar-refractivity contribution in [1.29, 1.82) is 0 Å². The van der Waals surface area contributed by atoms with Gasteiger partial charge in [-0.15, -0.1) is 0 Å². The second-order valence-corrected chi connectivity index (χ2v) is 7.13. The van der Waals surface area contributed by atoms with Gasteiger partial charge in [-0.05, 0) is 33.3 Å². The van der Waals surface area contributed by atoms with Crippen LogP contribution < -0.4 is 5.32 Å². The Morgan fingerprint density at radius 1 is 1.26 bits per heavy atom. The minimum absolute atomic E-state index is 0.0204. The lowest BCUT2D eigenvalue weighted by molar-refractivity contribution is 0.0252. The highest BCUT2D eigenvalue weighted by Gasteiger charge is 2.37. The van der Waals surface area contributed by atoms with Crippen LogP contribution in [0.5, 0.6) is 0 Å². The first kappa shape index (κ1) is 17.8. The molecule has 128 valence electrons. The molecule has 1 fully saturated rings. The Labute approximate surface area is 139 Å². The zero-order valence-electron chi connectivity index (χ0n) is 14.8. The van der Waals surface area contributed by atoms with E-state index in [-0.39, 0.29) is 18.2 Å². The third kappa shape index (κ3) is 5.22. The van der Waals surface area contributed by atoms with Gasteiger partial charge >= 0.3 is 6.09 Å². The van der Waals surface area contributed by atoms with E-state index in [9.17, 15) is 4.79 Å². The molecule has 1 aliphatic heterocycles. The summed E-state index contributed by atoms with van der Waals surface area (Å²) in [6.45, 7) is 9.61. The number of benzene rings is 1. The second kappa shape index (κ2) is 7.32. The van der Waals surface area contributed by atoms with Crippen LogP contribution in [0.25, 0.3) is 0 Å². The summed E-state index contributed by atoms with van der Waals surface area (Å²) >= 11 is 0. The summed E-state index contributed by atoms with van der Waals surface area (Å²) in [7, 11) is 1.68. The van der Waals surface area contributed by atoms with E-state index in [0.29, 0.717) is 13.1 Å². The Hall–Kier alpha value is -1.59. The summed E-state index contributed by atoms with van der Waals surface area (Å²) in [5.74, 6) is 0. The van der Waals surface area contributed by atoms with Crippen molar-refractivity contribution in [3.8, 4) is 0 Å². The van der Waals surface area contributed by atoms with Crippen LogP contribution in [-0.2, 0) is 16.0 Å². The predicted molar refractivity (Wildman–Crippen MR) is 90.4 cm³/mol. The third-order valence-corrected chi connectivity index (χ3v) is 3.91. The van der Waals surface area contributed by atoms with Gasteiger partial charge in [0.25, 0.3) is 0 Å².